The van der Waals surface area contributed by atoms with E-state index >= 15 is 0 Å². The van der Waals surface area contributed by atoms with Crippen molar-refractivity contribution in [3.8, 4) is 22.6 Å². The summed E-state index contributed by atoms with van der Waals surface area (Å²) in [6, 6.07) is 21.0. The number of rotatable bonds is 18. The molecule has 4 aromatic rings. The zero-order valence-corrected chi connectivity index (χ0v) is 28.5. The number of phosphoric ester groups is 1. The Morgan fingerprint density at radius 3 is 1.29 bits per heavy atom. The van der Waals surface area contributed by atoms with E-state index in [2.05, 4.69) is 62.4 Å². The van der Waals surface area contributed by atoms with Crippen LogP contribution in [0.4, 0.5) is 0 Å². The van der Waals surface area contributed by atoms with Crippen LogP contribution in [-0.4, -0.2) is 4.89 Å². The molecule has 45 heavy (non-hydrogen) atoms. The molecule has 1 N–H and O–H groups in total. The summed E-state index contributed by atoms with van der Waals surface area (Å²) in [5.41, 5.74) is 3.74. The first-order chi connectivity index (χ1) is 22.0. The van der Waals surface area contributed by atoms with Crippen LogP contribution in [0.3, 0.4) is 0 Å². The molecule has 1 aliphatic rings. The van der Waals surface area contributed by atoms with Crippen molar-refractivity contribution in [2.24, 2.45) is 0 Å². The molecule has 0 spiro atoms. The molecule has 242 valence electrons. The predicted molar refractivity (Wildman–Crippen MR) is 191 cm³/mol. The number of hydrogen-bond donors (Lipinski definition) is 1. The number of hydrogen-bond acceptors (Lipinski definition) is 3. The third-order valence-electron chi connectivity index (χ3n) is 9.42. The maximum atomic E-state index is 13.7. The summed E-state index contributed by atoms with van der Waals surface area (Å²) >= 11 is 0. The molecule has 0 fully saturated rings. The molecular weight excluding hydrogens is 575 g/mol. The lowest BCUT2D eigenvalue weighted by Crippen LogP contribution is -2.02. The molecule has 4 aromatic carbocycles. The molecule has 0 aliphatic carbocycles. The largest absolute Gasteiger partial charge is 0.584 e. The van der Waals surface area contributed by atoms with Gasteiger partial charge in [0.1, 0.15) is 11.5 Å². The Morgan fingerprint density at radius 1 is 0.533 bits per heavy atom. The van der Waals surface area contributed by atoms with E-state index in [1.807, 2.05) is 12.1 Å². The number of fused-ring (bicyclic) bond motifs is 7. The van der Waals surface area contributed by atoms with Gasteiger partial charge in [-0.2, -0.15) is 0 Å². The van der Waals surface area contributed by atoms with E-state index in [1.165, 1.54) is 77.0 Å². The van der Waals surface area contributed by atoms with E-state index in [0.29, 0.717) is 11.5 Å². The van der Waals surface area contributed by atoms with Crippen molar-refractivity contribution in [3.05, 3.63) is 71.8 Å². The van der Waals surface area contributed by atoms with Crippen molar-refractivity contribution in [2.45, 2.75) is 129 Å². The van der Waals surface area contributed by atoms with E-state index in [-0.39, 0.29) is 0 Å². The minimum atomic E-state index is -4.43. The molecule has 0 bridgehead atoms. The zero-order valence-electron chi connectivity index (χ0n) is 27.6. The Balaban J connectivity index is 1.50. The fourth-order valence-corrected chi connectivity index (χ4v) is 7.91. The second kappa shape index (κ2) is 16.7. The minimum Gasteiger partial charge on any atom is -0.394 e. The Morgan fingerprint density at radius 2 is 0.889 bits per heavy atom. The van der Waals surface area contributed by atoms with E-state index in [0.717, 1.165) is 82.3 Å². The average Bonchev–Trinajstić information content (AvgIpc) is 3.17. The lowest BCUT2D eigenvalue weighted by atomic mass is 9.87. The molecule has 5 heteroatoms. The van der Waals surface area contributed by atoms with Gasteiger partial charge in [0.25, 0.3) is 0 Å². The molecule has 0 atom stereocenters. The first-order valence-electron chi connectivity index (χ1n) is 17.8. The van der Waals surface area contributed by atoms with Crippen LogP contribution in [0.15, 0.2) is 60.7 Å². The predicted octanol–water partition coefficient (Wildman–Crippen LogP) is 12.9. The van der Waals surface area contributed by atoms with Crippen LogP contribution in [0, 0.1) is 0 Å². The van der Waals surface area contributed by atoms with Crippen LogP contribution in [0.2, 0.25) is 0 Å². The van der Waals surface area contributed by atoms with Crippen LogP contribution in [0.5, 0.6) is 11.5 Å². The number of benzene rings is 4. The number of aryl methyl sites for hydroxylation is 2. The molecule has 4 nitrogen and oxygen atoms in total. The Kier molecular flexibility index (Phi) is 12.4. The van der Waals surface area contributed by atoms with E-state index in [9.17, 15) is 9.46 Å². The van der Waals surface area contributed by atoms with Crippen molar-refractivity contribution < 1.29 is 18.5 Å². The molecule has 5 rings (SSSR count). The molecule has 0 radical (unpaired) electrons. The van der Waals surface area contributed by atoms with E-state index in [1.54, 1.807) is 0 Å². The fourth-order valence-electron chi connectivity index (χ4n) is 7.00. The van der Waals surface area contributed by atoms with Gasteiger partial charge in [0.15, 0.2) is 0 Å². The van der Waals surface area contributed by atoms with Crippen molar-refractivity contribution in [2.75, 3.05) is 0 Å². The fraction of sp³-hybridized carbons (Fsp3) is 0.500. The van der Waals surface area contributed by atoms with Crippen LogP contribution >= 0.6 is 7.82 Å². The summed E-state index contributed by atoms with van der Waals surface area (Å²) in [5, 5.41) is 4.28. The van der Waals surface area contributed by atoms with Gasteiger partial charge >= 0.3 is 7.82 Å². The lowest BCUT2D eigenvalue weighted by molar-refractivity contribution is 0.292. The van der Waals surface area contributed by atoms with E-state index in [4.69, 9.17) is 9.05 Å². The van der Waals surface area contributed by atoms with Crippen LogP contribution < -0.4 is 9.05 Å². The maximum absolute atomic E-state index is 13.7. The highest BCUT2D eigenvalue weighted by Gasteiger charge is 2.36. The highest BCUT2D eigenvalue weighted by Crippen LogP contribution is 2.59. The SMILES string of the molecule is CCCCCCCCCCc1cc2ccccc2c2c1OP(=O)(O)Oc1c(CCCCCCCCCC)cc3ccccc3c1-2. The Bertz CT molecular complexity index is 1480. The molecule has 0 saturated carbocycles. The van der Waals surface area contributed by atoms with Gasteiger partial charge in [0, 0.05) is 11.1 Å². The van der Waals surface area contributed by atoms with E-state index < -0.39 is 7.82 Å². The van der Waals surface area contributed by atoms with Crippen molar-refractivity contribution >= 4 is 29.4 Å². The second-order valence-corrected chi connectivity index (χ2v) is 14.3. The summed E-state index contributed by atoms with van der Waals surface area (Å²) in [4.78, 5) is 11.2. The Hall–Kier alpha value is -2.81. The average molecular weight is 629 g/mol. The summed E-state index contributed by atoms with van der Waals surface area (Å²) in [6.45, 7) is 4.51. The first kappa shape index (κ1) is 33.6. The number of unbranched alkanes of at least 4 members (excludes halogenated alkanes) is 14. The number of phosphoric acid groups is 1. The third kappa shape index (κ3) is 8.72. The summed E-state index contributed by atoms with van der Waals surface area (Å²) < 4.78 is 25.8. The second-order valence-electron chi connectivity index (χ2n) is 13.0. The lowest BCUT2D eigenvalue weighted by Gasteiger charge is -2.18. The van der Waals surface area contributed by atoms with Gasteiger partial charge < -0.3 is 9.05 Å². The van der Waals surface area contributed by atoms with Gasteiger partial charge in [-0.05, 0) is 70.5 Å². The third-order valence-corrected chi connectivity index (χ3v) is 10.2. The van der Waals surface area contributed by atoms with Gasteiger partial charge in [0.2, 0.25) is 0 Å². The van der Waals surface area contributed by atoms with Crippen LogP contribution in [-0.2, 0) is 17.4 Å². The van der Waals surface area contributed by atoms with Crippen LogP contribution in [0.25, 0.3) is 32.7 Å². The molecule has 1 aliphatic heterocycles. The molecule has 0 saturated heterocycles. The molecule has 0 amide bonds. The quantitative estimate of drug-likeness (QED) is 0.0880. The smallest absolute Gasteiger partial charge is 0.394 e. The Labute approximate surface area is 271 Å². The highest BCUT2D eigenvalue weighted by atomic mass is 31.2. The van der Waals surface area contributed by atoms with Gasteiger partial charge in [-0.15, -0.1) is 0 Å². The van der Waals surface area contributed by atoms with Crippen molar-refractivity contribution in [1.29, 1.82) is 0 Å². The summed E-state index contributed by atoms with van der Waals surface area (Å²) in [7, 11) is -4.43. The summed E-state index contributed by atoms with van der Waals surface area (Å²) in [6.07, 6.45) is 21.3. The van der Waals surface area contributed by atoms with Gasteiger partial charge in [-0.25, -0.2) is 4.57 Å². The van der Waals surface area contributed by atoms with Crippen molar-refractivity contribution in [3.63, 3.8) is 0 Å². The first-order valence-corrected chi connectivity index (χ1v) is 19.3. The molecule has 0 unspecified atom stereocenters. The standard InChI is InChI=1S/C40H53O4P/c1-3-5-7-9-11-13-15-17-25-33-29-31-23-19-21-27-35(31)37-38-36-28-22-20-24-32(36)30-34(26-18-16-14-12-10-8-6-4-2)40(38)44-45(41,42)43-39(33)37/h19-24,27-30H,3-18,25-26H2,1-2H3,(H,41,42). The summed E-state index contributed by atoms with van der Waals surface area (Å²) in [5.74, 6) is 1.02. The molecule has 1 heterocycles. The minimum absolute atomic E-state index is 0.510. The molecular formula is C40H53O4P. The van der Waals surface area contributed by atoms with Crippen molar-refractivity contribution in [1.82, 2.24) is 0 Å². The van der Waals surface area contributed by atoms with Gasteiger partial charge in [-0.3, -0.25) is 4.89 Å². The zero-order chi connectivity index (χ0) is 31.5. The topological polar surface area (TPSA) is 55.8 Å². The monoisotopic (exact) mass is 628 g/mol. The highest BCUT2D eigenvalue weighted by molar-refractivity contribution is 7.48. The molecule has 0 aromatic heterocycles. The van der Waals surface area contributed by atoms with Gasteiger partial charge in [0.05, 0.1) is 0 Å². The normalized spacial score (nSPS) is 13.7. The maximum Gasteiger partial charge on any atom is 0.584 e. The van der Waals surface area contributed by atoms with Crippen LogP contribution in [0.1, 0.15) is 128 Å². The van der Waals surface area contributed by atoms with Gasteiger partial charge in [-0.1, -0.05) is 152 Å².